The van der Waals surface area contributed by atoms with Crippen LogP contribution in [-0.2, 0) is 6.54 Å². The van der Waals surface area contributed by atoms with Gasteiger partial charge in [0.25, 0.3) is 0 Å². The third-order valence-corrected chi connectivity index (χ3v) is 3.97. The molecule has 0 fully saturated rings. The van der Waals surface area contributed by atoms with Crippen LogP contribution in [0.15, 0.2) is 36.4 Å². The maximum absolute atomic E-state index is 13.2. The predicted octanol–water partition coefficient (Wildman–Crippen LogP) is 4.99. The van der Waals surface area contributed by atoms with Crippen LogP contribution in [0.3, 0.4) is 0 Å². The Kier molecular flexibility index (Phi) is 5.45. The van der Waals surface area contributed by atoms with Crippen molar-refractivity contribution in [2.45, 2.75) is 19.5 Å². The number of hydrogen-bond acceptors (Lipinski definition) is 2. The smallest absolute Gasteiger partial charge is 0.141 e. The van der Waals surface area contributed by atoms with Crippen molar-refractivity contribution in [3.63, 3.8) is 0 Å². The Morgan fingerprint density at radius 1 is 1.19 bits per heavy atom. The van der Waals surface area contributed by atoms with Crippen molar-refractivity contribution < 1.29 is 9.13 Å². The van der Waals surface area contributed by atoms with Crippen LogP contribution in [0.1, 0.15) is 24.1 Å². The van der Waals surface area contributed by atoms with Gasteiger partial charge >= 0.3 is 0 Å². The molecule has 2 nitrogen and oxygen atoms in total. The molecule has 0 heterocycles. The summed E-state index contributed by atoms with van der Waals surface area (Å²) in [5, 5.41) is 4.10. The summed E-state index contributed by atoms with van der Waals surface area (Å²) in [6.45, 7) is 2.52. The van der Waals surface area contributed by atoms with Gasteiger partial charge in [-0.3, -0.25) is 0 Å². The molecule has 0 spiro atoms. The summed E-state index contributed by atoms with van der Waals surface area (Å²) in [5.74, 6) is 0.319. The first kappa shape index (κ1) is 16.1. The Bertz CT molecular complexity index is 634. The highest BCUT2D eigenvalue weighted by atomic mass is 35.5. The molecule has 0 amide bonds. The van der Waals surface area contributed by atoms with Crippen LogP contribution < -0.4 is 10.1 Å². The van der Waals surface area contributed by atoms with Gasteiger partial charge in [-0.15, -0.1) is 0 Å². The van der Waals surface area contributed by atoms with E-state index in [0.29, 0.717) is 11.6 Å². The van der Waals surface area contributed by atoms with Crippen LogP contribution in [-0.4, -0.2) is 7.11 Å². The normalized spacial score (nSPS) is 12.2. The van der Waals surface area contributed by atoms with Crippen molar-refractivity contribution in [3.8, 4) is 5.75 Å². The third-order valence-electron chi connectivity index (χ3n) is 3.32. The van der Waals surface area contributed by atoms with Gasteiger partial charge in [0.1, 0.15) is 11.6 Å². The van der Waals surface area contributed by atoms with Gasteiger partial charge < -0.3 is 10.1 Å². The molecule has 0 radical (unpaired) electrons. The summed E-state index contributed by atoms with van der Waals surface area (Å²) >= 11 is 12.0. The van der Waals surface area contributed by atoms with E-state index in [1.165, 1.54) is 6.07 Å². The number of nitrogens with one attached hydrogen (secondary N) is 1. The quantitative estimate of drug-likeness (QED) is 0.835. The molecule has 1 N–H and O–H groups in total. The van der Waals surface area contributed by atoms with Gasteiger partial charge in [-0.1, -0.05) is 35.3 Å². The lowest BCUT2D eigenvalue weighted by molar-refractivity contribution is 0.406. The second kappa shape index (κ2) is 7.12. The lowest BCUT2D eigenvalue weighted by Gasteiger charge is -2.17. The van der Waals surface area contributed by atoms with Crippen molar-refractivity contribution in [3.05, 3.63) is 63.4 Å². The van der Waals surface area contributed by atoms with Crippen molar-refractivity contribution in [2.75, 3.05) is 7.11 Å². The van der Waals surface area contributed by atoms with Crippen molar-refractivity contribution >= 4 is 23.2 Å². The number of hydrogen-bond donors (Lipinski definition) is 1. The van der Waals surface area contributed by atoms with Gasteiger partial charge in [0, 0.05) is 23.2 Å². The van der Waals surface area contributed by atoms with E-state index < -0.39 is 5.82 Å². The fourth-order valence-corrected chi connectivity index (χ4v) is 2.48. The summed E-state index contributed by atoms with van der Waals surface area (Å²) in [4.78, 5) is 0. The van der Waals surface area contributed by atoms with E-state index in [1.807, 2.05) is 25.1 Å². The zero-order chi connectivity index (χ0) is 15.4. The largest absolute Gasteiger partial charge is 0.496 e. The molecule has 5 heteroatoms. The Hall–Kier alpha value is -1.29. The Morgan fingerprint density at radius 3 is 2.62 bits per heavy atom. The first-order valence-electron chi connectivity index (χ1n) is 6.52. The van der Waals surface area contributed by atoms with Crippen LogP contribution in [0.5, 0.6) is 5.75 Å². The lowest BCUT2D eigenvalue weighted by Crippen LogP contribution is -2.18. The van der Waals surface area contributed by atoms with E-state index in [2.05, 4.69) is 5.32 Å². The lowest BCUT2D eigenvalue weighted by atomic mass is 10.1. The van der Waals surface area contributed by atoms with E-state index in [1.54, 1.807) is 19.2 Å². The molecule has 2 rings (SSSR count). The third kappa shape index (κ3) is 3.88. The van der Waals surface area contributed by atoms with Gasteiger partial charge in [-0.05, 0) is 36.8 Å². The summed E-state index contributed by atoms with van der Waals surface area (Å²) in [6, 6.07) is 10.2. The maximum atomic E-state index is 13.2. The minimum atomic E-state index is -0.416. The van der Waals surface area contributed by atoms with E-state index >= 15 is 0 Å². The molecular weight excluding hydrogens is 312 g/mol. The van der Waals surface area contributed by atoms with Crippen LogP contribution in [0.25, 0.3) is 0 Å². The van der Waals surface area contributed by atoms with Gasteiger partial charge in [0.2, 0.25) is 0 Å². The first-order chi connectivity index (χ1) is 10.0. The molecule has 112 valence electrons. The predicted molar refractivity (Wildman–Crippen MR) is 84.7 cm³/mol. The zero-order valence-electron chi connectivity index (χ0n) is 11.8. The maximum Gasteiger partial charge on any atom is 0.141 e. The molecule has 0 aliphatic rings. The molecule has 2 aromatic carbocycles. The monoisotopic (exact) mass is 327 g/mol. The van der Waals surface area contributed by atoms with E-state index in [-0.39, 0.29) is 11.1 Å². The minimum Gasteiger partial charge on any atom is -0.496 e. The highest BCUT2D eigenvalue weighted by molar-refractivity contribution is 6.31. The fraction of sp³-hybridized carbons (Fsp3) is 0.250. The number of halogens is 3. The molecule has 0 saturated carbocycles. The highest BCUT2D eigenvalue weighted by Gasteiger charge is 2.11. The topological polar surface area (TPSA) is 21.3 Å². The Balaban J connectivity index is 2.10. The minimum absolute atomic E-state index is 0.00378. The summed E-state index contributed by atoms with van der Waals surface area (Å²) < 4.78 is 18.5. The van der Waals surface area contributed by atoms with Gasteiger partial charge in [-0.25, -0.2) is 4.39 Å². The average Bonchev–Trinajstić information content (AvgIpc) is 2.48. The zero-order valence-corrected chi connectivity index (χ0v) is 13.3. The molecule has 2 aromatic rings. The van der Waals surface area contributed by atoms with Gasteiger partial charge in [-0.2, -0.15) is 0 Å². The summed E-state index contributed by atoms with van der Waals surface area (Å²) in [7, 11) is 1.61. The molecule has 0 aliphatic heterocycles. The second-order valence-corrected chi connectivity index (χ2v) is 5.51. The van der Waals surface area contributed by atoms with Crippen LogP contribution >= 0.6 is 23.2 Å². The molecule has 0 saturated heterocycles. The highest BCUT2D eigenvalue weighted by Crippen LogP contribution is 2.27. The number of ether oxygens (including phenoxy) is 1. The van der Waals surface area contributed by atoms with Crippen molar-refractivity contribution in [1.82, 2.24) is 5.32 Å². The SMILES string of the molecule is COc1cccc(Cl)c1CNC(C)c1ccc(F)c(Cl)c1. The van der Waals surface area contributed by atoms with Crippen LogP contribution in [0.4, 0.5) is 4.39 Å². The Morgan fingerprint density at radius 2 is 1.95 bits per heavy atom. The Labute approximate surface area is 133 Å². The number of rotatable bonds is 5. The molecule has 21 heavy (non-hydrogen) atoms. The average molecular weight is 328 g/mol. The van der Waals surface area contributed by atoms with Crippen molar-refractivity contribution in [1.29, 1.82) is 0 Å². The van der Waals surface area contributed by atoms with E-state index in [4.69, 9.17) is 27.9 Å². The molecule has 0 aromatic heterocycles. The van der Waals surface area contributed by atoms with Crippen molar-refractivity contribution in [2.24, 2.45) is 0 Å². The standard InChI is InChI=1S/C16H16Cl2FNO/c1-10(11-6-7-15(19)14(18)8-11)20-9-12-13(17)4-3-5-16(12)21-2/h3-8,10,20H,9H2,1-2H3. The van der Waals surface area contributed by atoms with Crippen LogP contribution in [0, 0.1) is 5.82 Å². The first-order valence-corrected chi connectivity index (χ1v) is 7.28. The summed E-state index contributed by atoms with van der Waals surface area (Å²) in [5.41, 5.74) is 1.80. The van der Waals surface area contributed by atoms with Gasteiger partial charge in [0.15, 0.2) is 0 Å². The van der Waals surface area contributed by atoms with Gasteiger partial charge in [0.05, 0.1) is 12.1 Å². The van der Waals surface area contributed by atoms with Crippen LogP contribution in [0.2, 0.25) is 10.0 Å². The molecule has 0 aliphatic carbocycles. The number of benzene rings is 2. The second-order valence-electron chi connectivity index (χ2n) is 4.70. The molecule has 0 bridgehead atoms. The van der Waals surface area contributed by atoms with E-state index in [9.17, 15) is 4.39 Å². The van der Waals surface area contributed by atoms with E-state index in [0.717, 1.165) is 16.9 Å². The summed E-state index contributed by atoms with van der Waals surface area (Å²) in [6.07, 6.45) is 0. The molecule has 1 unspecified atom stereocenters. The molecular formula is C16H16Cl2FNO. The number of methoxy groups -OCH3 is 1. The molecule has 1 atom stereocenters. The fourth-order valence-electron chi connectivity index (χ4n) is 2.06.